The Balaban J connectivity index is 2.14. The smallest absolute Gasteiger partial charge is 0.332 e. The second-order valence-corrected chi connectivity index (χ2v) is 9.64. The lowest BCUT2D eigenvalue weighted by Crippen LogP contribution is -2.29. The van der Waals surface area contributed by atoms with Gasteiger partial charge in [-0.15, -0.1) is 0 Å². The number of methoxy groups -OCH3 is 2. The van der Waals surface area contributed by atoms with Crippen LogP contribution in [0.2, 0.25) is 0 Å². The van der Waals surface area contributed by atoms with E-state index in [1.165, 1.54) is 19.3 Å². The Hall–Kier alpha value is -2.95. The summed E-state index contributed by atoms with van der Waals surface area (Å²) in [4.78, 5) is 12.6. The van der Waals surface area contributed by atoms with Gasteiger partial charge in [0, 0.05) is 11.8 Å². The molecule has 0 unspecified atom stereocenters. The quantitative estimate of drug-likeness (QED) is 0.323. The molecular weight excluding hydrogens is 438 g/mol. The van der Waals surface area contributed by atoms with E-state index in [9.17, 15) is 4.79 Å². The number of carbonyl (C=O) groups excluding carboxylic acids is 1. The van der Waals surface area contributed by atoms with E-state index in [1.807, 2.05) is 6.92 Å². The maximum Gasteiger partial charge on any atom is 0.332 e. The molecule has 3 rings (SSSR count). The van der Waals surface area contributed by atoms with Crippen LogP contribution in [-0.2, 0) is 9.53 Å². The average Bonchev–Trinajstić information content (AvgIpc) is 2.82. The molecule has 1 fully saturated rings. The minimum Gasteiger partial charge on any atom is -0.496 e. The number of allylic oxidation sites excluding steroid dienone is 1. The van der Waals surface area contributed by atoms with Gasteiger partial charge in [0.1, 0.15) is 11.5 Å². The number of hydrogen-bond acceptors (Lipinski definition) is 5. The molecule has 0 atom stereocenters. The topological polar surface area (TPSA) is 56.8 Å². The Kier molecular flexibility index (Phi) is 9.25. The van der Waals surface area contributed by atoms with Crippen LogP contribution in [0.15, 0.2) is 36.0 Å². The van der Waals surface area contributed by atoms with Crippen molar-refractivity contribution < 1.29 is 19.0 Å². The third-order valence-corrected chi connectivity index (χ3v) is 6.96. The van der Waals surface area contributed by atoms with Gasteiger partial charge in [-0.25, -0.2) is 4.79 Å². The minimum atomic E-state index is -0.288. The van der Waals surface area contributed by atoms with Crippen LogP contribution < -0.4 is 14.8 Å². The third kappa shape index (κ3) is 6.39. The van der Waals surface area contributed by atoms with Crippen molar-refractivity contribution in [2.24, 2.45) is 5.92 Å². The zero-order valence-electron chi connectivity index (χ0n) is 22.4. The van der Waals surface area contributed by atoms with Crippen LogP contribution in [0.3, 0.4) is 0 Å². The van der Waals surface area contributed by atoms with Gasteiger partial charge in [0.25, 0.3) is 0 Å². The summed E-state index contributed by atoms with van der Waals surface area (Å²) in [6.45, 7) is 10.5. The molecule has 0 amide bonds. The molecule has 0 aliphatic heterocycles. The van der Waals surface area contributed by atoms with Gasteiger partial charge >= 0.3 is 5.97 Å². The standard InChI is InChI=1S/C30H41NO4/c1-8-35-27(32)18-26(23-12-10-9-11-13-23)31-28(24-14-19(2)29(33-6)20(3)15-24)25-16-21(4)30(34-7)22(5)17-25/h14-18,23,28,31H,8-13H2,1-7H3/b26-18+. The Morgan fingerprint density at radius 3 is 1.74 bits per heavy atom. The van der Waals surface area contributed by atoms with E-state index in [4.69, 9.17) is 14.2 Å². The summed E-state index contributed by atoms with van der Waals surface area (Å²) < 4.78 is 16.6. The van der Waals surface area contributed by atoms with Crippen molar-refractivity contribution in [3.05, 3.63) is 69.4 Å². The van der Waals surface area contributed by atoms with Gasteiger partial charge in [-0.05, 0) is 111 Å². The summed E-state index contributed by atoms with van der Waals surface area (Å²) in [7, 11) is 3.42. The van der Waals surface area contributed by atoms with Gasteiger partial charge in [-0.3, -0.25) is 0 Å². The Morgan fingerprint density at radius 1 is 0.886 bits per heavy atom. The molecule has 0 radical (unpaired) electrons. The second-order valence-electron chi connectivity index (χ2n) is 9.64. The van der Waals surface area contributed by atoms with Gasteiger partial charge in [-0.2, -0.15) is 0 Å². The fraction of sp³-hybridized carbons (Fsp3) is 0.500. The average molecular weight is 480 g/mol. The van der Waals surface area contributed by atoms with E-state index >= 15 is 0 Å². The van der Waals surface area contributed by atoms with Gasteiger partial charge in [-0.1, -0.05) is 19.3 Å². The Labute approximate surface area is 210 Å². The molecule has 1 saturated carbocycles. The summed E-state index contributed by atoms with van der Waals surface area (Å²) in [5.41, 5.74) is 7.58. The van der Waals surface area contributed by atoms with E-state index in [1.54, 1.807) is 20.3 Å². The molecule has 2 aromatic carbocycles. The number of benzene rings is 2. The van der Waals surface area contributed by atoms with Crippen molar-refractivity contribution in [3.8, 4) is 11.5 Å². The first-order valence-corrected chi connectivity index (χ1v) is 12.7. The monoisotopic (exact) mass is 479 g/mol. The van der Waals surface area contributed by atoms with E-state index in [-0.39, 0.29) is 12.0 Å². The number of carbonyl (C=O) groups is 1. The van der Waals surface area contributed by atoms with Crippen molar-refractivity contribution in [2.75, 3.05) is 20.8 Å². The van der Waals surface area contributed by atoms with Gasteiger partial charge in [0.15, 0.2) is 0 Å². The first kappa shape index (κ1) is 26.7. The molecule has 0 spiro atoms. The van der Waals surface area contributed by atoms with Gasteiger partial charge in [0.2, 0.25) is 0 Å². The molecule has 0 saturated heterocycles. The number of ether oxygens (including phenoxy) is 3. The lowest BCUT2D eigenvalue weighted by molar-refractivity contribution is -0.137. The Bertz CT molecular complexity index is 961. The highest BCUT2D eigenvalue weighted by Gasteiger charge is 2.25. The van der Waals surface area contributed by atoms with Crippen molar-refractivity contribution in [3.63, 3.8) is 0 Å². The van der Waals surface area contributed by atoms with Crippen molar-refractivity contribution >= 4 is 5.97 Å². The number of hydrogen-bond donors (Lipinski definition) is 1. The van der Waals surface area contributed by atoms with Crippen LogP contribution >= 0.6 is 0 Å². The van der Waals surface area contributed by atoms with E-state index in [0.29, 0.717) is 12.5 Å². The second kappa shape index (κ2) is 12.1. The molecule has 0 aromatic heterocycles. The Morgan fingerprint density at radius 2 is 1.34 bits per heavy atom. The lowest BCUT2D eigenvalue weighted by atomic mass is 9.85. The lowest BCUT2D eigenvalue weighted by Gasteiger charge is -2.31. The van der Waals surface area contributed by atoms with Crippen LogP contribution in [0.1, 0.15) is 78.5 Å². The van der Waals surface area contributed by atoms with Crippen molar-refractivity contribution in [1.29, 1.82) is 0 Å². The summed E-state index contributed by atoms with van der Waals surface area (Å²) >= 11 is 0. The van der Waals surface area contributed by atoms with Crippen LogP contribution in [0, 0.1) is 33.6 Å². The van der Waals surface area contributed by atoms with Crippen LogP contribution in [0.4, 0.5) is 0 Å². The molecule has 0 bridgehead atoms. The van der Waals surface area contributed by atoms with Crippen LogP contribution in [-0.4, -0.2) is 26.8 Å². The fourth-order valence-electron chi connectivity index (χ4n) is 5.47. The maximum absolute atomic E-state index is 12.6. The number of nitrogens with one attached hydrogen (secondary N) is 1. The zero-order valence-corrected chi connectivity index (χ0v) is 22.4. The highest BCUT2D eigenvalue weighted by molar-refractivity contribution is 5.82. The molecule has 2 aromatic rings. The number of aryl methyl sites for hydroxylation is 4. The summed E-state index contributed by atoms with van der Waals surface area (Å²) in [6.07, 6.45) is 7.44. The molecule has 35 heavy (non-hydrogen) atoms. The third-order valence-electron chi connectivity index (χ3n) is 6.96. The van der Waals surface area contributed by atoms with Crippen molar-refractivity contribution in [1.82, 2.24) is 5.32 Å². The largest absolute Gasteiger partial charge is 0.496 e. The molecule has 190 valence electrons. The highest BCUT2D eigenvalue weighted by Crippen LogP contribution is 2.36. The summed E-state index contributed by atoms with van der Waals surface area (Å²) in [5, 5.41) is 3.81. The number of esters is 1. The maximum atomic E-state index is 12.6. The van der Waals surface area contributed by atoms with Gasteiger partial charge in [0.05, 0.1) is 26.9 Å². The van der Waals surface area contributed by atoms with Crippen LogP contribution in [0.5, 0.6) is 11.5 Å². The first-order chi connectivity index (χ1) is 16.8. The zero-order chi connectivity index (χ0) is 25.5. The predicted molar refractivity (Wildman–Crippen MR) is 141 cm³/mol. The normalized spacial score (nSPS) is 14.7. The van der Waals surface area contributed by atoms with E-state index < -0.39 is 0 Å². The molecule has 1 aliphatic carbocycles. The van der Waals surface area contributed by atoms with Crippen molar-refractivity contribution in [2.45, 2.75) is 72.8 Å². The summed E-state index contributed by atoms with van der Waals surface area (Å²) in [6, 6.07) is 8.59. The fourth-order valence-corrected chi connectivity index (χ4v) is 5.47. The minimum absolute atomic E-state index is 0.135. The highest BCUT2D eigenvalue weighted by atomic mass is 16.5. The van der Waals surface area contributed by atoms with E-state index in [2.05, 4.69) is 57.3 Å². The van der Waals surface area contributed by atoms with Gasteiger partial charge < -0.3 is 19.5 Å². The number of rotatable bonds is 9. The molecular formula is C30H41NO4. The molecule has 5 heteroatoms. The summed E-state index contributed by atoms with van der Waals surface area (Å²) in [5.74, 6) is 1.84. The molecule has 0 heterocycles. The van der Waals surface area contributed by atoms with E-state index in [0.717, 1.165) is 63.4 Å². The predicted octanol–water partition coefficient (Wildman–Crippen LogP) is 6.64. The molecule has 1 N–H and O–H groups in total. The molecule has 1 aliphatic rings. The van der Waals surface area contributed by atoms with Crippen LogP contribution in [0.25, 0.3) is 0 Å². The first-order valence-electron chi connectivity index (χ1n) is 12.7. The SMILES string of the molecule is CCOC(=O)/C=C(/NC(c1cc(C)c(OC)c(C)c1)c1cc(C)c(OC)c(C)c1)C1CCCCC1. The molecule has 5 nitrogen and oxygen atoms in total.